The van der Waals surface area contributed by atoms with Gasteiger partial charge in [-0.1, -0.05) is 27.7 Å². The Labute approximate surface area is 214 Å². The van der Waals surface area contributed by atoms with Crippen molar-refractivity contribution in [2.45, 2.75) is 96.2 Å². The number of nitrogens with zero attached hydrogens (tertiary/aromatic N) is 1. The molecule has 2 aromatic rings. The molecule has 2 aromatic heterocycles. The normalized spacial score (nSPS) is 28.0. The van der Waals surface area contributed by atoms with Crippen LogP contribution in [0, 0.1) is 11.8 Å². The lowest BCUT2D eigenvalue weighted by Crippen LogP contribution is -2.65. The first-order valence-corrected chi connectivity index (χ1v) is 15.7. The van der Waals surface area contributed by atoms with Gasteiger partial charge in [-0.25, -0.2) is 4.79 Å². The van der Waals surface area contributed by atoms with Crippen LogP contribution in [0.5, 0.6) is 5.75 Å². The number of hydrogen-bond acceptors (Lipinski definition) is 7. The molecule has 1 aliphatic carbocycles. The number of fused-ring (bicyclic) bond motifs is 2. The van der Waals surface area contributed by atoms with Crippen molar-refractivity contribution < 1.29 is 23.5 Å². The Bertz CT molecular complexity index is 1200. The number of hydrogen-bond donors (Lipinski definition) is 1. The fourth-order valence-electron chi connectivity index (χ4n) is 5.17. The molecule has 5 atom stereocenters. The van der Waals surface area contributed by atoms with Crippen molar-refractivity contribution in [3.63, 3.8) is 0 Å². The second kappa shape index (κ2) is 8.92. The molecule has 1 unspecified atom stereocenters. The van der Waals surface area contributed by atoms with Crippen LogP contribution in [0.1, 0.15) is 71.2 Å². The fraction of sp³-hybridized carbons (Fsp3) is 0.607. The third-order valence-corrected chi connectivity index (χ3v) is 13.4. The average molecular weight is 514 g/mol. The molecule has 196 valence electrons. The van der Waals surface area contributed by atoms with Crippen molar-refractivity contribution in [1.82, 2.24) is 4.98 Å². The van der Waals surface area contributed by atoms with Gasteiger partial charge in [0.1, 0.15) is 22.7 Å². The molecule has 36 heavy (non-hydrogen) atoms. The molecular weight excluding hydrogens is 474 g/mol. The third-order valence-electron chi connectivity index (χ3n) is 8.94. The number of aliphatic hydroxyl groups is 1. The van der Waals surface area contributed by atoms with E-state index in [1.165, 1.54) is 0 Å². The Balaban J connectivity index is 1.83. The van der Waals surface area contributed by atoms with Crippen LogP contribution in [0.15, 0.2) is 39.8 Å². The number of ether oxygens (including phenoxy) is 1. The molecule has 3 heterocycles. The summed E-state index contributed by atoms with van der Waals surface area (Å²) < 4.78 is 19.1. The van der Waals surface area contributed by atoms with Gasteiger partial charge in [-0.3, -0.25) is 9.78 Å². The van der Waals surface area contributed by atoms with Gasteiger partial charge in [0.2, 0.25) is 0 Å². The van der Waals surface area contributed by atoms with Crippen LogP contribution >= 0.6 is 0 Å². The van der Waals surface area contributed by atoms with Crippen molar-refractivity contribution in [3.8, 4) is 17.1 Å². The van der Waals surface area contributed by atoms with Crippen LogP contribution in [-0.4, -0.2) is 41.5 Å². The van der Waals surface area contributed by atoms with Crippen LogP contribution < -0.4 is 10.4 Å². The predicted molar refractivity (Wildman–Crippen MR) is 141 cm³/mol. The molecule has 2 aliphatic rings. The molecule has 1 N–H and O–H groups in total. The van der Waals surface area contributed by atoms with E-state index < -0.39 is 37.2 Å². The van der Waals surface area contributed by atoms with E-state index in [4.69, 9.17) is 13.6 Å². The van der Waals surface area contributed by atoms with Crippen molar-refractivity contribution in [3.05, 3.63) is 46.6 Å². The summed E-state index contributed by atoms with van der Waals surface area (Å²) in [5, 5.41) is 11.2. The zero-order chi connectivity index (χ0) is 26.7. The molecule has 0 amide bonds. The van der Waals surface area contributed by atoms with Gasteiger partial charge in [0.25, 0.3) is 0 Å². The summed E-state index contributed by atoms with van der Waals surface area (Å²) in [5.74, 6) is -0.593. The topological polar surface area (TPSA) is 98.9 Å². The maximum atomic E-state index is 13.9. The van der Waals surface area contributed by atoms with Crippen molar-refractivity contribution in [2.75, 3.05) is 0 Å². The standard InChI is InChI=1S/C28H39NO6Si/c1-9-27(5,32)18-13-19-24(30)23-21(15-20(33-25(23)31)17-11-10-12-29-16-17)34-28(19,6)22(14-18)35-36(7,8)26(2,3)4/h10-12,15-16,18-19,22,32H,9,13-14H2,1-8H3/t18-,19-,22-,27?,28-/m1/s1. The van der Waals surface area contributed by atoms with Crippen molar-refractivity contribution >= 4 is 14.1 Å². The Morgan fingerprint density at radius 1 is 1.22 bits per heavy atom. The Hall–Kier alpha value is -2.29. The molecule has 8 heteroatoms. The largest absolute Gasteiger partial charge is 0.483 e. The minimum Gasteiger partial charge on any atom is -0.483 e. The highest BCUT2D eigenvalue weighted by atomic mass is 28.4. The van der Waals surface area contributed by atoms with E-state index in [9.17, 15) is 14.7 Å². The second-order valence-corrected chi connectivity index (χ2v) is 17.1. The fourth-order valence-corrected chi connectivity index (χ4v) is 6.56. The summed E-state index contributed by atoms with van der Waals surface area (Å²) >= 11 is 0. The van der Waals surface area contributed by atoms with E-state index in [2.05, 4.69) is 38.8 Å². The highest BCUT2D eigenvalue weighted by Crippen LogP contribution is 2.52. The van der Waals surface area contributed by atoms with Crippen LogP contribution in [0.25, 0.3) is 11.3 Å². The number of carbonyl (C=O) groups excluding carboxylic acids is 1. The Kier molecular flexibility index (Phi) is 6.63. The number of rotatable bonds is 5. The lowest BCUT2D eigenvalue weighted by Gasteiger charge is -2.55. The smallest absolute Gasteiger partial charge is 0.351 e. The van der Waals surface area contributed by atoms with Crippen molar-refractivity contribution in [1.29, 1.82) is 0 Å². The summed E-state index contributed by atoms with van der Waals surface area (Å²) in [4.78, 5) is 31.1. The highest BCUT2D eigenvalue weighted by Gasteiger charge is 2.60. The molecule has 1 aliphatic heterocycles. The minimum atomic E-state index is -2.26. The van der Waals surface area contributed by atoms with Gasteiger partial charge < -0.3 is 18.7 Å². The zero-order valence-corrected chi connectivity index (χ0v) is 23.7. The first kappa shape index (κ1) is 26.8. The molecule has 1 fully saturated rings. The lowest BCUT2D eigenvalue weighted by atomic mass is 9.62. The molecule has 0 radical (unpaired) electrons. The number of Topliss-reactive ketones (excluding diaryl/α,β-unsaturated/α-hetero) is 1. The first-order chi connectivity index (χ1) is 16.6. The third kappa shape index (κ3) is 4.48. The summed E-state index contributed by atoms with van der Waals surface area (Å²) in [6.07, 6.45) is 4.35. The predicted octanol–water partition coefficient (Wildman–Crippen LogP) is 5.61. The molecule has 1 saturated carbocycles. The summed E-state index contributed by atoms with van der Waals surface area (Å²) in [5.41, 5.74) is -2.11. The quantitative estimate of drug-likeness (QED) is 0.519. The Morgan fingerprint density at radius 3 is 2.50 bits per heavy atom. The molecule has 0 bridgehead atoms. The summed E-state index contributed by atoms with van der Waals surface area (Å²) in [6.45, 7) is 16.6. The molecule has 4 rings (SSSR count). The SMILES string of the molecule is CCC(C)(O)[C@@H]1C[C@@H]2C(=O)c3c(cc(-c4cccnc4)oc3=O)O[C@@]2(C)[C@H](O[Si](C)(C)C(C)(C)C)C1. The van der Waals surface area contributed by atoms with E-state index in [0.717, 1.165) is 0 Å². The van der Waals surface area contributed by atoms with E-state index in [-0.39, 0.29) is 28.1 Å². The van der Waals surface area contributed by atoms with Gasteiger partial charge in [-0.05, 0) is 69.3 Å². The average Bonchev–Trinajstić information content (AvgIpc) is 2.79. The minimum absolute atomic E-state index is 0.0514. The number of pyridine rings is 1. The highest BCUT2D eigenvalue weighted by molar-refractivity contribution is 6.74. The Morgan fingerprint density at radius 2 is 1.92 bits per heavy atom. The number of carbonyl (C=O) groups is 1. The first-order valence-electron chi connectivity index (χ1n) is 12.8. The molecule has 7 nitrogen and oxygen atoms in total. The molecular formula is C28H39NO6Si. The lowest BCUT2D eigenvalue weighted by molar-refractivity contribution is -0.137. The maximum absolute atomic E-state index is 13.9. The van der Waals surface area contributed by atoms with Gasteiger partial charge in [-0.15, -0.1) is 0 Å². The second-order valence-electron chi connectivity index (χ2n) is 12.3. The summed E-state index contributed by atoms with van der Waals surface area (Å²) in [6, 6.07) is 5.15. The van der Waals surface area contributed by atoms with E-state index in [1.807, 2.05) is 20.8 Å². The van der Waals surface area contributed by atoms with Gasteiger partial charge >= 0.3 is 5.63 Å². The van der Waals surface area contributed by atoms with Crippen LogP contribution in [-0.2, 0) is 4.43 Å². The number of aromatic nitrogens is 1. The zero-order valence-electron chi connectivity index (χ0n) is 22.7. The van der Waals surface area contributed by atoms with E-state index >= 15 is 0 Å². The van der Waals surface area contributed by atoms with Gasteiger partial charge in [0.05, 0.1) is 17.6 Å². The molecule has 0 aromatic carbocycles. The van der Waals surface area contributed by atoms with Crippen LogP contribution in [0.2, 0.25) is 18.1 Å². The van der Waals surface area contributed by atoms with Crippen LogP contribution in [0.4, 0.5) is 0 Å². The molecule has 0 spiro atoms. The van der Waals surface area contributed by atoms with E-state index in [0.29, 0.717) is 30.6 Å². The maximum Gasteiger partial charge on any atom is 0.351 e. The monoisotopic (exact) mass is 513 g/mol. The van der Waals surface area contributed by atoms with E-state index in [1.54, 1.807) is 30.6 Å². The van der Waals surface area contributed by atoms with Gasteiger partial charge in [-0.2, -0.15) is 0 Å². The van der Waals surface area contributed by atoms with Gasteiger partial charge in [0.15, 0.2) is 14.1 Å². The number of ketones is 1. The van der Waals surface area contributed by atoms with Crippen molar-refractivity contribution in [2.24, 2.45) is 11.8 Å². The van der Waals surface area contributed by atoms with Gasteiger partial charge in [0, 0.05) is 24.0 Å². The molecule has 0 saturated heterocycles. The summed E-state index contributed by atoms with van der Waals surface area (Å²) in [7, 11) is -2.26. The van der Waals surface area contributed by atoms with Crippen LogP contribution in [0.3, 0.4) is 0 Å².